The minimum atomic E-state index is 0.271. The molecule has 2 aromatic rings. The Kier molecular flexibility index (Phi) is 5.03. The minimum absolute atomic E-state index is 0.271. The summed E-state index contributed by atoms with van der Waals surface area (Å²) in [6, 6.07) is 14.9. The molecule has 1 unspecified atom stereocenters. The molecule has 3 heteroatoms. The van der Waals surface area contributed by atoms with Gasteiger partial charge in [-0.3, -0.25) is 0 Å². The second kappa shape index (κ2) is 6.56. The van der Waals surface area contributed by atoms with E-state index >= 15 is 0 Å². The van der Waals surface area contributed by atoms with Crippen molar-refractivity contribution >= 4 is 27.5 Å². The first kappa shape index (κ1) is 14.6. The van der Waals surface area contributed by atoms with Gasteiger partial charge in [-0.05, 0) is 55.3 Å². The first-order chi connectivity index (χ1) is 9.10. The molecule has 1 nitrogen and oxygen atoms in total. The molecule has 0 amide bonds. The lowest BCUT2D eigenvalue weighted by atomic mass is 9.98. The molecule has 0 aromatic heterocycles. The van der Waals surface area contributed by atoms with E-state index in [0.29, 0.717) is 0 Å². The third-order valence-electron chi connectivity index (χ3n) is 3.28. The van der Waals surface area contributed by atoms with Crippen molar-refractivity contribution in [3.8, 4) is 0 Å². The SMILES string of the molecule is CNC(Cc1cccc(Br)c1)c1ccc(C)c(Cl)c1. The predicted octanol–water partition coefficient (Wildman–Crippen LogP) is 4.91. The monoisotopic (exact) mass is 337 g/mol. The van der Waals surface area contributed by atoms with Gasteiger partial charge in [0.15, 0.2) is 0 Å². The van der Waals surface area contributed by atoms with Crippen LogP contribution < -0.4 is 5.32 Å². The third-order valence-corrected chi connectivity index (χ3v) is 4.18. The molecule has 0 heterocycles. The van der Waals surface area contributed by atoms with Crippen molar-refractivity contribution in [2.24, 2.45) is 0 Å². The fourth-order valence-electron chi connectivity index (χ4n) is 2.11. The molecule has 0 bridgehead atoms. The first-order valence-electron chi connectivity index (χ1n) is 6.28. The summed E-state index contributed by atoms with van der Waals surface area (Å²) in [6.07, 6.45) is 0.940. The number of hydrogen-bond acceptors (Lipinski definition) is 1. The van der Waals surface area contributed by atoms with Gasteiger partial charge >= 0.3 is 0 Å². The highest BCUT2D eigenvalue weighted by molar-refractivity contribution is 9.10. The van der Waals surface area contributed by atoms with Gasteiger partial charge < -0.3 is 5.32 Å². The molecule has 0 fully saturated rings. The van der Waals surface area contributed by atoms with E-state index in [2.05, 4.69) is 57.6 Å². The van der Waals surface area contributed by atoms with Gasteiger partial charge in [0.05, 0.1) is 0 Å². The van der Waals surface area contributed by atoms with Crippen molar-refractivity contribution < 1.29 is 0 Å². The van der Waals surface area contributed by atoms with Gasteiger partial charge in [0.25, 0.3) is 0 Å². The lowest BCUT2D eigenvalue weighted by Crippen LogP contribution is -2.18. The Bertz CT molecular complexity index is 568. The smallest absolute Gasteiger partial charge is 0.0438 e. The van der Waals surface area contributed by atoms with Crippen molar-refractivity contribution in [2.45, 2.75) is 19.4 Å². The highest BCUT2D eigenvalue weighted by Gasteiger charge is 2.11. The third kappa shape index (κ3) is 3.82. The van der Waals surface area contributed by atoms with Gasteiger partial charge in [0, 0.05) is 15.5 Å². The van der Waals surface area contributed by atoms with E-state index in [1.807, 2.05) is 20.0 Å². The maximum absolute atomic E-state index is 6.21. The van der Waals surface area contributed by atoms with E-state index in [1.54, 1.807) is 0 Å². The summed E-state index contributed by atoms with van der Waals surface area (Å²) in [5, 5.41) is 4.18. The van der Waals surface area contributed by atoms with Crippen LogP contribution in [0.4, 0.5) is 0 Å². The summed E-state index contributed by atoms with van der Waals surface area (Å²) >= 11 is 9.72. The van der Waals surface area contributed by atoms with Crippen LogP contribution in [0.1, 0.15) is 22.7 Å². The minimum Gasteiger partial charge on any atom is -0.313 e. The average Bonchev–Trinajstić information content (AvgIpc) is 2.39. The van der Waals surface area contributed by atoms with Crippen LogP contribution in [-0.2, 0) is 6.42 Å². The number of aryl methyl sites for hydroxylation is 1. The van der Waals surface area contributed by atoms with Crippen molar-refractivity contribution in [3.05, 3.63) is 68.7 Å². The number of likely N-dealkylation sites (N-methyl/N-ethyl adjacent to an activating group) is 1. The number of benzene rings is 2. The van der Waals surface area contributed by atoms with E-state index in [9.17, 15) is 0 Å². The average molecular weight is 339 g/mol. The largest absolute Gasteiger partial charge is 0.313 e. The van der Waals surface area contributed by atoms with Crippen LogP contribution in [0.5, 0.6) is 0 Å². The molecule has 1 N–H and O–H groups in total. The highest BCUT2D eigenvalue weighted by atomic mass is 79.9. The second-order valence-electron chi connectivity index (χ2n) is 4.68. The first-order valence-corrected chi connectivity index (χ1v) is 7.45. The van der Waals surface area contributed by atoms with Crippen LogP contribution in [-0.4, -0.2) is 7.05 Å². The van der Waals surface area contributed by atoms with Crippen LogP contribution >= 0.6 is 27.5 Å². The molecule has 0 radical (unpaired) electrons. The summed E-state index contributed by atoms with van der Waals surface area (Å²) in [7, 11) is 1.98. The van der Waals surface area contributed by atoms with Crippen molar-refractivity contribution in [1.29, 1.82) is 0 Å². The van der Waals surface area contributed by atoms with Crippen LogP contribution in [0.3, 0.4) is 0 Å². The van der Waals surface area contributed by atoms with E-state index in [0.717, 1.165) is 21.5 Å². The zero-order valence-electron chi connectivity index (χ0n) is 11.1. The molecule has 0 saturated carbocycles. The van der Waals surface area contributed by atoms with Crippen molar-refractivity contribution in [2.75, 3.05) is 7.05 Å². The Morgan fingerprint density at radius 3 is 2.63 bits per heavy atom. The zero-order chi connectivity index (χ0) is 13.8. The van der Waals surface area contributed by atoms with E-state index in [1.165, 1.54) is 11.1 Å². The maximum Gasteiger partial charge on any atom is 0.0438 e. The molecule has 2 aromatic carbocycles. The van der Waals surface area contributed by atoms with Gasteiger partial charge in [-0.1, -0.05) is 51.8 Å². The topological polar surface area (TPSA) is 12.0 Å². The van der Waals surface area contributed by atoms with E-state index in [4.69, 9.17) is 11.6 Å². The number of halogens is 2. The molecule has 19 heavy (non-hydrogen) atoms. The lowest BCUT2D eigenvalue weighted by molar-refractivity contribution is 0.592. The Morgan fingerprint density at radius 2 is 2.00 bits per heavy atom. The van der Waals surface area contributed by atoms with Gasteiger partial charge in [-0.15, -0.1) is 0 Å². The van der Waals surface area contributed by atoms with Gasteiger partial charge in [0.2, 0.25) is 0 Å². The fourth-order valence-corrected chi connectivity index (χ4v) is 2.75. The molecule has 0 aliphatic rings. The molecule has 1 atom stereocenters. The van der Waals surface area contributed by atoms with Gasteiger partial charge in [0.1, 0.15) is 0 Å². The summed E-state index contributed by atoms with van der Waals surface area (Å²) in [6.45, 7) is 2.02. The van der Waals surface area contributed by atoms with Crippen molar-refractivity contribution in [1.82, 2.24) is 5.32 Å². The number of rotatable bonds is 4. The predicted molar refractivity (Wildman–Crippen MR) is 85.8 cm³/mol. The maximum atomic E-state index is 6.21. The van der Waals surface area contributed by atoms with Gasteiger partial charge in [-0.25, -0.2) is 0 Å². The van der Waals surface area contributed by atoms with Crippen molar-refractivity contribution in [3.63, 3.8) is 0 Å². The Labute approximate surface area is 128 Å². The van der Waals surface area contributed by atoms with Crippen LogP contribution in [0, 0.1) is 6.92 Å². The summed E-state index contributed by atoms with van der Waals surface area (Å²) < 4.78 is 1.11. The Balaban J connectivity index is 2.22. The molecular formula is C16H17BrClN. The Hall–Kier alpha value is -0.830. The lowest BCUT2D eigenvalue weighted by Gasteiger charge is -2.18. The second-order valence-corrected chi connectivity index (χ2v) is 6.01. The van der Waals surface area contributed by atoms with E-state index in [-0.39, 0.29) is 6.04 Å². The molecule has 2 rings (SSSR count). The summed E-state index contributed by atoms with van der Waals surface area (Å²) in [4.78, 5) is 0. The fraction of sp³-hybridized carbons (Fsp3) is 0.250. The number of nitrogens with one attached hydrogen (secondary N) is 1. The molecule has 0 aliphatic heterocycles. The van der Waals surface area contributed by atoms with Crippen LogP contribution in [0.25, 0.3) is 0 Å². The summed E-state index contributed by atoms with van der Waals surface area (Å²) in [5.74, 6) is 0. The van der Waals surface area contributed by atoms with Crippen LogP contribution in [0.2, 0.25) is 5.02 Å². The molecule has 0 saturated heterocycles. The quantitative estimate of drug-likeness (QED) is 0.835. The van der Waals surface area contributed by atoms with E-state index < -0.39 is 0 Å². The molecule has 0 spiro atoms. The standard InChI is InChI=1S/C16H17BrClN/c1-11-6-7-13(10-15(11)18)16(19-2)9-12-4-3-5-14(17)8-12/h3-8,10,16,19H,9H2,1-2H3. The van der Waals surface area contributed by atoms with Gasteiger partial charge in [-0.2, -0.15) is 0 Å². The molecular weight excluding hydrogens is 322 g/mol. The number of hydrogen-bond donors (Lipinski definition) is 1. The normalized spacial score (nSPS) is 12.4. The molecule has 100 valence electrons. The highest BCUT2D eigenvalue weighted by Crippen LogP contribution is 2.24. The Morgan fingerprint density at radius 1 is 1.21 bits per heavy atom. The zero-order valence-corrected chi connectivity index (χ0v) is 13.4. The van der Waals surface area contributed by atoms with Crippen LogP contribution in [0.15, 0.2) is 46.9 Å². The molecule has 0 aliphatic carbocycles. The summed E-state index contributed by atoms with van der Waals surface area (Å²) in [5.41, 5.74) is 3.63.